The van der Waals surface area contributed by atoms with E-state index in [1.165, 1.54) is 10.7 Å². The summed E-state index contributed by atoms with van der Waals surface area (Å²) in [5.41, 5.74) is 1.29. The Morgan fingerprint density at radius 2 is 2.00 bits per heavy atom. The lowest BCUT2D eigenvalue weighted by molar-refractivity contribution is -0.137. The lowest BCUT2D eigenvalue weighted by Crippen LogP contribution is -2.43. The van der Waals surface area contributed by atoms with Gasteiger partial charge >= 0.3 is 0 Å². The van der Waals surface area contributed by atoms with Gasteiger partial charge in [0, 0.05) is 17.7 Å². The maximum atomic E-state index is 13.2. The highest BCUT2D eigenvalue weighted by atomic mass is 16.5. The summed E-state index contributed by atoms with van der Waals surface area (Å²) in [5.74, 6) is 1.15. The zero-order chi connectivity index (χ0) is 20.0. The average molecular weight is 391 g/mol. The number of carbonyl (C=O) groups excluding carboxylic acids is 1. The minimum atomic E-state index is -0.283. The Hall–Kier alpha value is -3.29. The maximum absolute atomic E-state index is 13.2. The van der Waals surface area contributed by atoms with Crippen LogP contribution in [0.4, 0.5) is 0 Å². The van der Waals surface area contributed by atoms with Gasteiger partial charge < -0.3 is 9.42 Å². The molecule has 29 heavy (non-hydrogen) atoms. The summed E-state index contributed by atoms with van der Waals surface area (Å²) < 4.78 is 6.82. The van der Waals surface area contributed by atoms with E-state index in [4.69, 9.17) is 4.52 Å². The smallest absolute Gasteiger partial charge is 0.267 e. The van der Waals surface area contributed by atoms with Gasteiger partial charge in [-0.15, -0.1) is 0 Å². The molecular formula is C21H21N5O3. The van der Waals surface area contributed by atoms with E-state index in [1.54, 1.807) is 13.0 Å². The Labute approximate surface area is 167 Å². The number of aryl methyl sites for hydroxylation is 1. The summed E-state index contributed by atoms with van der Waals surface area (Å²) in [7, 11) is 0. The second-order valence-electron chi connectivity index (χ2n) is 7.77. The van der Waals surface area contributed by atoms with Crippen LogP contribution in [0.15, 0.2) is 51.8 Å². The molecule has 8 nitrogen and oxygen atoms in total. The average Bonchev–Trinajstić information content (AvgIpc) is 3.47. The molecule has 3 heterocycles. The molecule has 1 saturated heterocycles. The van der Waals surface area contributed by atoms with Crippen LogP contribution in [-0.2, 0) is 11.3 Å². The minimum absolute atomic E-state index is 0.0834. The maximum Gasteiger partial charge on any atom is 0.267 e. The van der Waals surface area contributed by atoms with Gasteiger partial charge in [0.2, 0.25) is 17.6 Å². The van der Waals surface area contributed by atoms with Gasteiger partial charge in [-0.2, -0.15) is 10.1 Å². The third-order valence-corrected chi connectivity index (χ3v) is 5.88. The predicted molar refractivity (Wildman–Crippen MR) is 104 cm³/mol. The quantitative estimate of drug-likeness (QED) is 0.678. The third kappa shape index (κ3) is 3.14. The highest BCUT2D eigenvalue weighted by Gasteiger charge is 2.51. The van der Waals surface area contributed by atoms with Crippen molar-refractivity contribution >= 4 is 5.91 Å². The first-order chi connectivity index (χ1) is 14.1. The lowest BCUT2D eigenvalue weighted by Gasteiger charge is -2.33. The number of nitrogens with zero attached hydrogens (tertiary/aromatic N) is 5. The number of likely N-dealkylation sites (tertiary alicyclic amines) is 1. The largest absolute Gasteiger partial charge is 0.337 e. The topological polar surface area (TPSA) is 94.1 Å². The van der Waals surface area contributed by atoms with E-state index >= 15 is 0 Å². The molecule has 0 N–H and O–H groups in total. The van der Waals surface area contributed by atoms with E-state index in [-0.39, 0.29) is 30.1 Å². The van der Waals surface area contributed by atoms with Gasteiger partial charge in [-0.05, 0) is 38.2 Å². The molecule has 2 aliphatic rings. The van der Waals surface area contributed by atoms with E-state index in [0.717, 1.165) is 24.8 Å². The zero-order valence-electron chi connectivity index (χ0n) is 16.1. The van der Waals surface area contributed by atoms with E-state index in [1.807, 2.05) is 35.2 Å². The molecule has 2 fully saturated rings. The second-order valence-corrected chi connectivity index (χ2v) is 7.77. The molecule has 5 rings (SSSR count). The number of piperidine rings is 1. The van der Waals surface area contributed by atoms with Gasteiger partial charge in [0.15, 0.2) is 0 Å². The van der Waals surface area contributed by atoms with Gasteiger partial charge in [-0.25, -0.2) is 4.68 Å². The van der Waals surface area contributed by atoms with Crippen molar-refractivity contribution in [2.75, 3.05) is 0 Å². The molecule has 1 amide bonds. The summed E-state index contributed by atoms with van der Waals surface area (Å²) >= 11 is 0. The summed E-state index contributed by atoms with van der Waals surface area (Å²) in [4.78, 5) is 31.7. The molecule has 0 spiro atoms. The molecule has 8 heteroatoms. The molecule has 1 aliphatic heterocycles. The molecule has 2 aromatic heterocycles. The Morgan fingerprint density at radius 1 is 1.17 bits per heavy atom. The normalized spacial score (nSPS) is 22.9. The summed E-state index contributed by atoms with van der Waals surface area (Å²) in [5, 5.41) is 8.32. The van der Waals surface area contributed by atoms with Crippen LogP contribution in [0.3, 0.4) is 0 Å². The molecule has 0 unspecified atom stereocenters. The Bertz CT molecular complexity index is 1110. The van der Waals surface area contributed by atoms with Crippen molar-refractivity contribution in [3.63, 3.8) is 0 Å². The van der Waals surface area contributed by atoms with Crippen LogP contribution in [0.1, 0.15) is 36.9 Å². The van der Waals surface area contributed by atoms with E-state index in [2.05, 4.69) is 15.2 Å². The van der Waals surface area contributed by atoms with Gasteiger partial charge in [0.1, 0.15) is 12.6 Å². The number of aromatic nitrogens is 4. The predicted octanol–water partition coefficient (Wildman–Crippen LogP) is 2.35. The van der Waals surface area contributed by atoms with Crippen molar-refractivity contribution in [1.82, 2.24) is 24.8 Å². The zero-order valence-corrected chi connectivity index (χ0v) is 16.1. The fourth-order valence-electron chi connectivity index (χ4n) is 4.60. The second kappa shape index (κ2) is 6.95. The molecule has 1 aliphatic carbocycles. The van der Waals surface area contributed by atoms with E-state index < -0.39 is 0 Å². The van der Waals surface area contributed by atoms with Crippen LogP contribution in [0.5, 0.6) is 0 Å². The van der Waals surface area contributed by atoms with Crippen LogP contribution >= 0.6 is 0 Å². The fourth-order valence-corrected chi connectivity index (χ4v) is 4.60. The molecule has 0 radical (unpaired) electrons. The first-order valence-corrected chi connectivity index (χ1v) is 9.85. The number of hydrogen-bond donors (Lipinski definition) is 0. The van der Waals surface area contributed by atoms with Crippen molar-refractivity contribution in [2.45, 2.75) is 44.8 Å². The summed E-state index contributed by atoms with van der Waals surface area (Å²) in [6, 6.07) is 12.6. The number of amides is 1. The highest BCUT2D eigenvalue weighted by molar-refractivity contribution is 5.77. The van der Waals surface area contributed by atoms with Crippen LogP contribution in [-0.4, -0.2) is 36.8 Å². The van der Waals surface area contributed by atoms with Crippen LogP contribution in [0, 0.1) is 12.8 Å². The number of carbonyl (C=O) groups is 1. The van der Waals surface area contributed by atoms with Crippen LogP contribution in [0.25, 0.3) is 11.4 Å². The number of benzene rings is 1. The number of hydrogen-bond acceptors (Lipinski definition) is 6. The molecular weight excluding hydrogens is 370 g/mol. The van der Waals surface area contributed by atoms with Crippen molar-refractivity contribution in [1.29, 1.82) is 0 Å². The standard InChI is InChI=1S/C21H21N5O3/c1-13-7-10-17(27)25(23-13)12-18(28)26-16-9-8-15(11-16)19(26)21-22-20(24-29-21)14-5-3-2-4-6-14/h2-7,10,15-16,19H,8-9,11-12H2,1H3/t15-,16-,19-/m0/s1. The molecule has 148 valence electrons. The van der Waals surface area contributed by atoms with Crippen LogP contribution in [0.2, 0.25) is 0 Å². The highest BCUT2D eigenvalue weighted by Crippen LogP contribution is 2.50. The summed E-state index contributed by atoms with van der Waals surface area (Å²) in [6.45, 7) is 1.71. The number of rotatable bonds is 4. The fraction of sp³-hybridized carbons (Fsp3) is 0.381. The molecule has 1 saturated carbocycles. The third-order valence-electron chi connectivity index (χ3n) is 5.88. The van der Waals surface area contributed by atoms with Crippen molar-refractivity contribution < 1.29 is 9.32 Å². The van der Waals surface area contributed by atoms with E-state index in [9.17, 15) is 9.59 Å². The van der Waals surface area contributed by atoms with Gasteiger partial charge in [0.25, 0.3) is 5.56 Å². The molecule has 2 bridgehead atoms. The van der Waals surface area contributed by atoms with Gasteiger partial charge in [-0.1, -0.05) is 35.5 Å². The Kier molecular flexibility index (Phi) is 4.26. The van der Waals surface area contributed by atoms with Gasteiger partial charge in [0.05, 0.1) is 5.69 Å². The first-order valence-electron chi connectivity index (χ1n) is 9.85. The monoisotopic (exact) mass is 391 g/mol. The molecule has 3 atom stereocenters. The Balaban J connectivity index is 1.43. The lowest BCUT2D eigenvalue weighted by atomic mass is 9.98. The van der Waals surface area contributed by atoms with Crippen molar-refractivity contribution in [3.8, 4) is 11.4 Å². The van der Waals surface area contributed by atoms with Crippen LogP contribution < -0.4 is 5.56 Å². The minimum Gasteiger partial charge on any atom is -0.337 e. The first kappa shape index (κ1) is 17.8. The Morgan fingerprint density at radius 3 is 2.83 bits per heavy atom. The van der Waals surface area contributed by atoms with Crippen molar-refractivity contribution in [3.05, 3.63) is 64.4 Å². The molecule has 3 aromatic rings. The van der Waals surface area contributed by atoms with Crippen molar-refractivity contribution in [2.24, 2.45) is 5.92 Å². The SMILES string of the molecule is Cc1ccc(=O)n(CC(=O)N2[C@H]3CC[C@@H](C3)[C@H]2c2nc(-c3ccccc3)no2)n1. The number of fused-ring (bicyclic) bond motifs is 2. The molecule has 1 aromatic carbocycles. The van der Waals surface area contributed by atoms with Gasteiger partial charge in [-0.3, -0.25) is 9.59 Å². The van der Waals surface area contributed by atoms with E-state index in [0.29, 0.717) is 23.3 Å². The summed E-state index contributed by atoms with van der Waals surface area (Å²) in [6.07, 6.45) is 2.92.